The Morgan fingerprint density at radius 1 is 0.596 bits per heavy atom. The van der Waals surface area contributed by atoms with Gasteiger partial charge in [-0.2, -0.15) is 0 Å². The van der Waals surface area contributed by atoms with Gasteiger partial charge in [-0.15, -0.1) is 0 Å². The fraction of sp³-hybridized carbons (Fsp3) is 0.884. The summed E-state index contributed by atoms with van der Waals surface area (Å²) >= 11 is 0. The number of esters is 1. The van der Waals surface area contributed by atoms with Crippen LogP contribution in [0.15, 0.2) is 24.3 Å². The van der Waals surface area contributed by atoms with Gasteiger partial charge in [-0.25, -0.2) is 0 Å². The van der Waals surface area contributed by atoms with Crippen LogP contribution >= 0.6 is 7.82 Å². The first kappa shape index (κ1) is 51.0. The summed E-state index contributed by atoms with van der Waals surface area (Å²) in [6, 6.07) is 0. The van der Waals surface area contributed by atoms with Crippen molar-refractivity contribution in [2.75, 3.05) is 54.1 Å². The van der Waals surface area contributed by atoms with Gasteiger partial charge in [0, 0.05) is 13.0 Å². The van der Waals surface area contributed by atoms with Crippen LogP contribution < -0.4 is 4.89 Å². The molecule has 0 aromatic carbocycles. The van der Waals surface area contributed by atoms with Crippen LogP contribution in [0.2, 0.25) is 0 Å². The van der Waals surface area contributed by atoms with Crippen molar-refractivity contribution in [1.29, 1.82) is 0 Å². The van der Waals surface area contributed by atoms with Crippen LogP contribution in [0.3, 0.4) is 0 Å². The highest BCUT2D eigenvalue weighted by atomic mass is 31.2. The second-order valence-corrected chi connectivity index (χ2v) is 17.1. The van der Waals surface area contributed by atoms with Gasteiger partial charge in [0.2, 0.25) is 0 Å². The molecular formula is C43H84NO7P. The van der Waals surface area contributed by atoms with E-state index >= 15 is 0 Å². The lowest BCUT2D eigenvalue weighted by atomic mass is 10.1. The summed E-state index contributed by atoms with van der Waals surface area (Å²) in [7, 11) is 1.36. The van der Waals surface area contributed by atoms with E-state index in [-0.39, 0.29) is 25.8 Å². The fourth-order valence-corrected chi connectivity index (χ4v) is 6.60. The first-order valence-electron chi connectivity index (χ1n) is 21.6. The van der Waals surface area contributed by atoms with Gasteiger partial charge in [0.15, 0.2) is 0 Å². The lowest BCUT2D eigenvalue weighted by Gasteiger charge is -2.28. The molecule has 0 aromatic heterocycles. The Labute approximate surface area is 322 Å². The van der Waals surface area contributed by atoms with Crippen molar-refractivity contribution < 1.29 is 37.3 Å². The van der Waals surface area contributed by atoms with Crippen LogP contribution in [0.5, 0.6) is 0 Å². The van der Waals surface area contributed by atoms with Gasteiger partial charge < -0.3 is 27.9 Å². The lowest BCUT2D eigenvalue weighted by Crippen LogP contribution is -2.37. The van der Waals surface area contributed by atoms with E-state index in [0.29, 0.717) is 24.1 Å². The quantitative estimate of drug-likeness (QED) is 0.0202. The van der Waals surface area contributed by atoms with E-state index in [1.807, 2.05) is 21.1 Å². The van der Waals surface area contributed by atoms with Crippen LogP contribution in [0.1, 0.15) is 187 Å². The van der Waals surface area contributed by atoms with Crippen LogP contribution in [0.4, 0.5) is 0 Å². The molecule has 0 heterocycles. The molecule has 0 rings (SSSR count). The van der Waals surface area contributed by atoms with Gasteiger partial charge in [-0.05, 0) is 44.9 Å². The molecule has 0 saturated carbocycles. The van der Waals surface area contributed by atoms with E-state index in [0.717, 1.165) is 38.5 Å². The number of rotatable bonds is 40. The van der Waals surface area contributed by atoms with Crippen LogP contribution in [-0.4, -0.2) is 70.7 Å². The Bertz CT molecular complexity index is 889. The highest BCUT2D eigenvalue weighted by molar-refractivity contribution is 7.45. The maximum atomic E-state index is 12.6. The summed E-state index contributed by atoms with van der Waals surface area (Å²) in [5.41, 5.74) is 0. The molecule has 0 amide bonds. The van der Waals surface area contributed by atoms with Crippen molar-refractivity contribution in [1.82, 2.24) is 0 Å². The van der Waals surface area contributed by atoms with Crippen molar-refractivity contribution in [3.63, 3.8) is 0 Å². The number of unbranched alkanes of at least 4 members (excludes halogenated alkanes) is 22. The molecule has 0 aliphatic rings. The first-order valence-corrected chi connectivity index (χ1v) is 23.0. The largest absolute Gasteiger partial charge is 0.756 e. The number of phosphoric ester groups is 1. The minimum Gasteiger partial charge on any atom is -0.756 e. The number of hydrogen-bond donors (Lipinski definition) is 0. The summed E-state index contributed by atoms with van der Waals surface area (Å²) in [6.45, 7) is 5.40. The number of allylic oxidation sites excluding steroid dienone is 4. The molecule has 0 saturated heterocycles. The average molecular weight is 758 g/mol. The van der Waals surface area contributed by atoms with Gasteiger partial charge in [-0.1, -0.05) is 160 Å². The lowest BCUT2D eigenvalue weighted by molar-refractivity contribution is -0.870. The smallest absolute Gasteiger partial charge is 0.306 e. The number of hydrogen-bond acceptors (Lipinski definition) is 7. The Hall–Kier alpha value is -1.02. The predicted octanol–water partition coefficient (Wildman–Crippen LogP) is 11.8. The first-order chi connectivity index (χ1) is 25.1. The number of nitrogens with zero attached hydrogens (tertiary/aromatic N) is 1. The van der Waals surface area contributed by atoms with E-state index in [1.54, 1.807) is 0 Å². The molecular weight excluding hydrogens is 673 g/mol. The van der Waals surface area contributed by atoms with E-state index in [1.165, 1.54) is 128 Å². The maximum Gasteiger partial charge on any atom is 0.306 e. The van der Waals surface area contributed by atoms with Crippen molar-refractivity contribution in [2.45, 2.75) is 193 Å². The Morgan fingerprint density at radius 3 is 1.56 bits per heavy atom. The van der Waals surface area contributed by atoms with Gasteiger partial charge in [-0.3, -0.25) is 9.36 Å². The Kier molecular flexibility index (Phi) is 36.2. The highest BCUT2D eigenvalue weighted by Crippen LogP contribution is 2.38. The topological polar surface area (TPSA) is 94.1 Å². The van der Waals surface area contributed by atoms with E-state index in [4.69, 9.17) is 18.5 Å². The molecule has 0 aliphatic heterocycles. The minimum atomic E-state index is -4.52. The Balaban J connectivity index is 4.14. The number of carbonyl (C=O) groups is 1. The summed E-state index contributed by atoms with van der Waals surface area (Å²) in [4.78, 5) is 25.0. The predicted molar refractivity (Wildman–Crippen MR) is 217 cm³/mol. The van der Waals surface area contributed by atoms with Crippen molar-refractivity contribution in [3.8, 4) is 0 Å². The van der Waals surface area contributed by atoms with Crippen molar-refractivity contribution >= 4 is 13.8 Å². The number of quaternary nitrogens is 1. The second-order valence-electron chi connectivity index (χ2n) is 15.7. The highest BCUT2D eigenvalue weighted by Gasteiger charge is 2.20. The molecule has 0 spiro atoms. The zero-order valence-electron chi connectivity index (χ0n) is 34.8. The molecule has 2 atom stereocenters. The number of phosphoric acid groups is 1. The number of likely N-dealkylation sites (N-methyl/N-ethyl adjacent to an activating group) is 1. The third-order valence-corrected chi connectivity index (χ3v) is 10.2. The molecule has 308 valence electrons. The van der Waals surface area contributed by atoms with Gasteiger partial charge in [0.05, 0.1) is 34.4 Å². The number of ether oxygens (including phenoxy) is 2. The molecule has 0 bridgehead atoms. The molecule has 0 N–H and O–H groups in total. The van der Waals surface area contributed by atoms with Crippen LogP contribution in [0, 0.1) is 0 Å². The zero-order chi connectivity index (χ0) is 38.4. The molecule has 0 radical (unpaired) electrons. The monoisotopic (exact) mass is 758 g/mol. The molecule has 52 heavy (non-hydrogen) atoms. The van der Waals surface area contributed by atoms with Crippen molar-refractivity contribution in [2.24, 2.45) is 0 Å². The van der Waals surface area contributed by atoms with E-state index < -0.39 is 13.9 Å². The fourth-order valence-electron chi connectivity index (χ4n) is 5.87. The molecule has 8 nitrogen and oxygen atoms in total. The standard InChI is InChI=1S/C43H84NO7P/c1-6-8-10-12-14-16-17-18-19-20-21-22-23-24-25-26-27-28-30-32-34-36-43(45)51-42(41-50-52(46,47)49-39-37-44(3,4)5)40-48-38-35-33-31-29-15-13-11-9-7-2/h17-18,20-21,42H,6-16,19,22-41H2,1-5H3/b18-17-,21-20-. The third-order valence-electron chi connectivity index (χ3n) is 9.26. The summed E-state index contributed by atoms with van der Waals surface area (Å²) in [5, 5.41) is 0. The van der Waals surface area contributed by atoms with Gasteiger partial charge in [0.1, 0.15) is 19.3 Å². The van der Waals surface area contributed by atoms with Crippen LogP contribution in [-0.2, 0) is 27.9 Å². The SMILES string of the molecule is CCCCCCC/C=C\C/C=C\CCCCCCCCCCCC(=O)OC(COCCCCCCCCCCC)COP(=O)([O-])OCC[N+](C)(C)C. The zero-order valence-corrected chi connectivity index (χ0v) is 35.7. The van der Waals surface area contributed by atoms with Gasteiger partial charge >= 0.3 is 5.97 Å². The normalized spacial score (nSPS) is 14.0. The average Bonchev–Trinajstić information content (AvgIpc) is 3.09. The Morgan fingerprint density at radius 2 is 1.06 bits per heavy atom. The molecule has 0 aliphatic carbocycles. The number of carbonyl (C=O) groups excluding carboxylic acids is 1. The van der Waals surface area contributed by atoms with E-state index in [2.05, 4.69) is 38.2 Å². The van der Waals surface area contributed by atoms with Crippen LogP contribution in [0.25, 0.3) is 0 Å². The molecule has 0 fully saturated rings. The van der Waals surface area contributed by atoms with Gasteiger partial charge in [0.25, 0.3) is 7.82 Å². The molecule has 0 aromatic rings. The third kappa shape index (κ3) is 40.2. The van der Waals surface area contributed by atoms with E-state index in [9.17, 15) is 14.3 Å². The minimum absolute atomic E-state index is 0.0269. The molecule has 9 heteroatoms. The maximum absolute atomic E-state index is 12.6. The summed E-state index contributed by atoms with van der Waals surface area (Å²) < 4.78 is 34.5. The second kappa shape index (κ2) is 36.9. The summed E-state index contributed by atoms with van der Waals surface area (Å²) in [6.07, 6.45) is 40.5. The summed E-state index contributed by atoms with van der Waals surface area (Å²) in [5.74, 6) is -0.338. The molecule has 2 unspecified atom stereocenters. The van der Waals surface area contributed by atoms with Crippen molar-refractivity contribution in [3.05, 3.63) is 24.3 Å².